The number of aliphatic hydroxyl groups excluding tert-OH is 2. The number of allylic oxidation sites excluding steroid dienone is 1. The lowest BCUT2D eigenvalue weighted by atomic mass is 9.58. The van der Waals surface area contributed by atoms with E-state index in [2.05, 4.69) is 5.32 Å². The highest BCUT2D eigenvalue weighted by Gasteiger charge is 2.63. The maximum Gasteiger partial charge on any atom is 0.258 e. The van der Waals surface area contributed by atoms with Crippen molar-refractivity contribution in [2.75, 3.05) is 21.1 Å². The molecule has 170 valence electrons. The third-order valence-corrected chi connectivity index (χ3v) is 7.05. The second kappa shape index (κ2) is 7.18. The largest absolute Gasteiger partial charge is 0.510 e. The predicted octanol–water partition coefficient (Wildman–Crippen LogP) is 0.690. The molecule has 0 saturated carbocycles. The van der Waals surface area contributed by atoms with E-state index in [0.717, 1.165) is 5.56 Å². The molecular weight excluding hydrogens is 416 g/mol. The summed E-state index contributed by atoms with van der Waals surface area (Å²) in [5, 5.41) is 46.2. The van der Waals surface area contributed by atoms with Crippen molar-refractivity contribution in [1.82, 2.24) is 10.2 Å². The molecule has 4 atom stereocenters. The number of aromatic hydroxyl groups is 1. The van der Waals surface area contributed by atoms with Crippen LogP contribution in [0.3, 0.4) is 0 Å². The number of benzene rings is 1. The van der Waals surface area contributed by atoms with E-state index >= 15 is 0 Å². The molecule has 0 saturated heterocycles. The zero-order chi connectivity index (χ0) is 23.7. The number of hydrogen-bond donors (Lipinski definition) is 5. The maximum absolute atomic E-state index is 13.4. The van der Waals surface area contributed by atoms with Gasteiger partial charge in [-0.1, -0.05) is 6.07 Å². The highest BCUT2D eigenvalue weighted by Crippen LogP contribution is 2.52. The first-order valence-corrected chi connectivity index (χ1v) is 10.3. The SMILES string of the molecule is CNC(=O)C1=C(O)[C@@H](N(C)C)[C@@H]2C[C@@H]3Cc4c(C)ccc(O)c4C(=O)C3=C(O)[C@]2(O)C1=O. The Labute approximate surface area is 184 Å². The normalized spacial score (nSPS) is 29.6. The molecule has 32 heavy (non-hydrogen) atoms. The first-order valence-electron chi connectivity index (χ1n) is 10.3. The Bertz CT molecular complexity index is 1130. The third-order valence-electron chi connectivity index (χ3n) is 7.05. The number of likely N-dealkylation sites (N-methyl/N-ethyl adjacent to an activating group) is 2. The molecular formula is C23H26N2O7. The van der Waals surface area contributed by atoms with Crippen LogP contribution in [0.15, 0.2) is 34.8 Å². The number of carbonyl (C=O) groups is 3. The summed E-state index contributed by atoms with van der Waals surface area (Å²) >= 11 is 0. The summed E-state index contributed by atoms with van der Waals surface area (Å²) in [4.78, 5) is 40.6. The van der Waals surface area contributed by atoms with Gasteiger partial charge in [-0.15, -0.1) is 0 Å². The van der Waals surface area contributed by atoms with E-state index in [4.69, 9.17) is 0 Å². The van der Waals surface area contributed by atoms with Crippen molar-refractivity contribution in [2.45, 2.75) is 31.4 Å². The summed E-state index contributed by atoms with van der Waals surface area (Å²) < 4.78 is 0. The van der Waals surface area contributed by atoms with Gasteiger partial charge in [-0.3, -0.25) is 19.3 Å². The number of phenolic OH excluding ortho intramolecular Hbond substituents is 1. The number of hydrogen-bond acceptors (Lipinski definition) is 8. The molecule has 0 bridgehead atoms. The van der Waals surface area contributed by atoms with Gasteiger partial charge >= 0.3 is 0 Å². The Morgan fingerprint density at radius 1 is 1.19 bits per heavy atom. The zero-order valence-corrected chi connectivity index (χ0v) is 18.3. The number of aliphatic hydroxyl groups is 3. The molecule has 0 radical (unpaired) electrons. The van der Waals surface area contributed by atoms with Crippen LogP contribution in [0, 0.1) is 18.8 Å². The molecule has 1 amide bonds. The predicted molar refractivity (Wildman–Crippen MR) is 113 cm³/mol. The van der Waals surface area contributed by atoms with Gasteiger partial charge in [-0.25, -0.2) is 0 Å². The molecule has 0 aromatic heterocycles. The Morgan fingerprint density at radius 2 is 1.84 bits per heavy atom. The number of fused-ring (bicyclic) bond motifs is 3. The number of amides is 1. The summed E-state index contributed by atoms with van der Waals surface area (Å²) in [5.74, 6) is -5.80. The second-order valence-electron chi connectivity index (χ2n) is 8.93. The molecule has 3 aliphatic rings. The minimum Gasteiger partial charge on any atom is -0.510 e. The van der Waals surface area contributed by atoms with Crippen LogP contribution < -0.4 is 5.32 Å². The molecule has 3 aliphatic carbocycles. The first kappa shape index (κ1) is 22.0. The van der Waals surface area contributed by atoms with Gasteiger partial charge in [0.25, 0.3) is 5.91 Å². The highest BCUT2D eigenvalue weighted by molar-refractivity contribution is 6.25. The van der Waals surface area contributed by atoms with Gasteiger partial charge in [0.2, 0.25) is 5.78 Å². The average molecular weight is 442 g/mol. The van der Waals surface area contributed by atoms with Crippen LogP contribution in [-0.4, -0.2) is 75.6 Å². The molecule has 0 spiro atoms. The fraction of sp³-hybridized carbons (Fsp3) is 0.435. The van der Waals surface area contributed by atoms with Crippen molar-refractivity contribution in [3.63, 3.8) is 0 Å². The van der Waals surface area contributed by atoms with Gasteiger partial charge in [0, 0.05) is 18.5 Å². The molecule has 4 rings (SSSR count). The summed E-state index contributed by atoms with van der Waals surface area (Å²) in [6.45, 7) is 1.82. The number of ketones is 2. The summed E-state index contributed by atoms with van der Waals surface area (Å²) in [7, 11) is 4.52. The van der Waals surface area contributed by atoms with Crippen LogP contribution in [0.4, 0.5) is 0 Å². The third kappa shape index (κ3) is 2.67. The van der Waals surface area contributed by atoms with E-state index in [0.29, 0.717) is 12.0 Å². The van der Waals surface area contributed by atoms with Crippen molar-refractivity contribution in [3.05, 3.63) is 51.5 Å². The highest BCUT2D eigenvalue weighted by atomic mass is 16.3. The maximum atomic E-state index is 13.4. The molecule has 9 heteroatoms. The van der Waals surface area contributed by atoms with Crippen molar-refractivity contribution < 1.29 is 34.8 Å². The molecule has 1 aromatic rings. The van der Waals surface area contributed by atoms with Crippen LogP contribution >= 0.6 is 0 Å². The number of phenols is 1. The number of aryl methyl sites for hydroxylation is 1. The Morgan fingerprint density at radius 3 is 2.44 bits per heavy atom. The van der Waals surface area contributed by atoms with Crippen molar-refractivity contribution in [3.8, 4) is 5.75 Å². The lowest BCUT2D eigenvalue weighted by Gasteiger charge is -2.50. The minimum atomic E-state index is -2.57. The van der Waals surface area contributed by atoms with Crippen molar-refractivity contribution >= 4 is 17.5 Å². The van der Waals surface area contributed by atoms with E-state index in [1.54, 1.807) is 25.1 Å². The average Bonchev–Trinajstić information content (AvgIpc) is 2.73. The number of nitrogens with zero attached hydrogens (tertiary/aromatic N) is 1. The van der Waals surface area contributed by atoms with E-state index in [-0.39, 0.29) is 23.3 Å². The topological polar surface area (TPSA) is 147 Å². The van der Waals surface area contributed by atoms with Gasteiger partial charge in [-0.05, 0) is 57.0 Å². The van der Waals surface area contributed by atoms with Crippen LogP contribution in [0.2, 0.25) is 0 Å². The van der Waals surface area contributed by atoms with Crippen LogP contribution in [0.25, 0.3) is 0 Å². The lowest BCUT2D eigenvalue weighted by Crippen LogP contribution is -2.63. The minimum absolute atomic E-state index is 0.0437. The van der Waals surface area contributed by atoms with Crippen molar-refractivity contribution in [1.29, 1.82) is 0 Å². The second-order valence-corrected chi connectivity index (χ2v) is 8.93. The first-order chi connectivity index (χ1) is 15.0. The van der Waals surface area contributed by atoms with E-state index < -0.39 is 58.0 Å². The molecule has 5 N–H and O–H groups in total. The van der Waals surface area contributed by atoms with Gasteiger partial charge < -0.3 is 25.7 Å². The summed E-state index contributed by atoms with van der Waals surface area (Å²) in [6, 6.07) is 2.14. The summed E-state index contributed by atoms with van der Waals surface area (Å²) in [6.07, 6.45) is 0.421. The number of carbonyl (C=O) groups excluding carboxylic acids is 3. The van der Waals surface area contributed by atoms with E-state index in [1.807, 2.05) is 6.92 Å². The molecule has 0 aliphatic heterocycles. The quantitative estimate of drug-likeness (QED) is 0.420. The smallest absolute Gasteiger partial charge is 0.258 e. The molecule has 1 aromatic carbocycles. The van der Waals surface area contributed by atoms with Crippen LogP contribution in [0.5, 0.6) is 5.75 Å². The van der Waals surface area contributed by atoms with Gasteiger partial charge in [0.15, 0.2) is 11.4 Å². The van der Waals surface area contributed by atoms with Gasteiger partial charge in [0.05, 0.1) is 11.6 Å². The Kier molecular flexibility index (Phi) is 4.94. The standard InChI is InChI=1S/C23H26N2O7/c1-9-5-6-13(26)15-11(9)7-10-8-12-17(25(3)4)19(28)16(22(31)24-2)21(30)23(12,32)20(29)14(10)18(15)27/h5-6,10,12,17,26,28-29,32H,7-8H2,1-4H3,(H,24,31)/t10-,12-,17-,23-/m0/s1. The Hall–Kier alpha value is -3.17. The van der Waals surface area contributed by atoms with E-state index in [1.165, 1.54) is 13.1 Å². The number of Topliss-reactive ketones (excluding diaryl/α,β-unsaturated/α-hetero) is 2. The number of nitrogens with one attached hydrogen (secondary N) is 1. The fourth-order valence-electron chi connectivity index (χ4n) is 5.51. The monoisotopic (exact) mass is 442 g/mol. The van der Waals surface area contributed by atoms with E-state index in [9.17, 15) is 34.8 Å². The zero-order valence-electron chi connectivity index (χ0n) is 18.3. The molecule has 0 unspecified atom stereocenters. The number of rotatable bonds is 2. The summed E-state index contributed by atoms with van der Waals surface area (Å²) in [5.41, 5.74) is -1.86. The lowest BCUT2D eigenvalue weighted by molar-refractivity contribution is -0.148. The van der Waals surface area contributed by atoms with Crippen LogP contribution in [-0.2, 0) is 16.0 Å². The molecule has 9 nitrogen and oxygen atoms in total. The Balaban J connectivity index is 1.97. The molecule has 0 heterocycles. The van der Waals surface area contributed by atoms with Crippen LogP contribution in [0.1, 0.15) is 27.9 Å². The fourth-order valence-corrected chi connectivity index (χ4v) is 5.51. The van der Waals surface area contributed by atoms with Crippen molar-refractivity contribution in [2.24, 2.45) is 11.8 Å². The molecule has 0 fully saturated rings. The van der Waals surface area contributed by atoms with Gasteiger partial charge in [-0.2, -0.15) is 0 Å². The van der Waals surface area contributed by atoms with Gasteiger partial charge in [0.1, 0.15) is 22.8 Å².